The minimum Gasteiger partial charge on any atom is -0.474 e. The summed E-state index contributed by atoms with van der Waals surface area (Å²) < 4.78 is 59.7. The number of pyridine rings is 1. The second kappa shape index (κ2) is 5.64. The average Bonchev–Trinajstić information content (AvgIpc) is 2.45. The molecule has 0 saturated carbocycles. The first-order valence-corrected chi connectivity index (χ1v) is 8.68. The van der Waals surface area contributed by atoms with Gasteiger partial charge in [-0.1, -0.05) is 20.8 Å². The number of nitrogens with zero attached hydrogens (tertiary/aromatic N) is 2. The fourth-order valence-electron chi connectivity index (χ4n) is 2.44. The monoisotopic (exact) mass is 334 g/mol. The van der Waals surface area contributed by atoms with E-state index in [0.717, 1.165) is 4.31 Å². The standard InChI is InChI=1S/C14H20F2N2O3S/c1-4-14(15,16)13(2,3)10-22(19,20)18-8-9-21-12-11(18)6-5-7-17-12/h5-7H,4,8-10H2,1-3H3. The number of anilines is 1. The zero-order valence-corrected chi connectivity index (χ0v) is 13.7. The van der Waals surface area contributed by atoms with Crippen molar-refractivity contribution in [2.75, 3.05) is 23.2 Å². The van der Waals surface area contributed by atoms with Gasteiger partial charge in [-0.3, -0.25) is 4.31 Å². The van der Waals surface area contributed by atoms with Gasteiger partial charge in [-0.15, -0.1) is 0 Å². The van der Waals surface area contributed by atoms with Crippen molar-refractivity contribution in [2.45, 2.75) is 33.1 Å². The summed E-state index contributed by atoms with van der Waals surface area (Å²) in [6.07, 6.45) is 1.08. The van der Waals surface area contributed by atoms with Gasteiger partial charge in [0.25, 0.3) is 5.92 Å². The fourth-order valence-corrected chi connectivity index (χ4v) is 4.51. The van der Waals surface area contributed by atoms with Gasteiger partial charge in [-0.2, -0.15) is 0 Å². The SMILES string of the molecule is CCC(F)(F)C(C)(C)CS(=O)(=O)N1CCOc2ncccc21. The van der Waals surface area contributed by atoms with Crippen LogP contribution in [0.4, 0.5) is 14.5 Å². The Bertz CT molecular complexity index is 647. The predicted octanol–water partition coefficient (Wildman–Crippen LogP) is 2.68. The summed E-state index contributed by atoms with van der Waals surface area (Å²) in [5, 5.41) is 0. The van der Waals surface area contributed by atoms with Crippen LogP contribution in [0.5, 0.6) is 5.88 Å². The first-order valence-electron chi connectivity index (χ1n) is 7.07. The minimum absolute atomic E-state index is 0.0921. The molecular formula is C14H20F2N2O3S. The number of fused-ring (bicyclic) bond motifs is 1. The molecule has 0 spiro atoms. The van der Waals surface area contributed by atoms with Crippen molar-refractivity contribution < 1.29 is 21.9 Å². The molecule has 8 heteroatoms. The zero-order chi connectivity index (χ0) is 16.6. The van der Waals surface area contributed by atoms with Gasteiger partial charge in [0.15, 0.2) is 0 Å². The van der Waals surface area contributed by atoms with Crippen LogP contribution in [0, 0.1) is 5.41 Å². The van der Waals surface area contributed by atoms with Gasteiger partial charge in [0.2, 0.25) is 15.9 Å². The molecule has 1 aromatic rings. The third-order valence-corrected chi connectivity index (χ3v) is 6.00. The quantitative estimate of drug-likeness (QED) is 0.831. The van der Waals surface area contributed by atoms with E-state index in [2.05, 4.69) is 4.98 Å². The lowest BCUT2D eigenvalue weighted by Gasteiger charge is -2.36. The normalized spacial score (nSPS) is 16.1. The van der Waals surface area contributed by atoms with Gasteiger partial charge >= 0.3 is 0 Å². The Morgan fingerprint density at radius 2 is 2.09 bits per heavy atom. The number of rotatable bonds is 5. The van der Waals surface area contributed by atoms with Crippen molar-refractivity contribution in [1.82, 2.24) is 4.98 Å². The highest BCUT2D eigenvalue weighted by Gasteiger charge is 2.49. The van der Waals surface area contributed by atoms with Gasteiger partial charge < -0.3 is 4.74 Å². The summed E-state index contributed by atoms with van der Waals surface area (Å²) in [4.78, 5) is 3.97. The van der Waals surface area contributed by atoms with Gasteiger partial charge in [-0.25, -0.2) is 22.2 Å². The fraction of sp³-hybridized carbons (Fsp3) is 0.643. The van der Waals surface area contributed by atoms with Crippen molar-refractivity contribution >= 4 is 15.7 Å². The van der Waals surface area contributed by atoms with E-state index >= 15 is 0 Å². The minimum atomic E-state index is -3.91. The van der Waals surface area contributed by atoms with Crippen LogP contribution < -0.4 is 9.04 Å². The number of aromatic nitrogens is 1. The van der Waals surface area contributed by atoms with Crippen molar-refractivity contribution in [2.24, 2.45) is 5.41 Å². The molecule has 1 aliphatic heterocycles. The highest BCUT2D eigenvalue weighted by Crippen LogP contribution is 2.41. The maximum atomic E-state index is 14.0. The molecule has 0 radical (unpaired) electrons. The molecule has 0 unspecified atom stereocenters. The molecule has 1 aromatic heterocycles. The molecule has 0 aliphatic carbocycles. The van der Waals surface area contributed by atoms with Crippen LogP contribution >= 0.6 is 0 Å². The van der Waals surface area contributed by atoms with E-state index in [1.807, 2.05) is 0 Å². The zero-order valence-electron chi connectivity index (χ0n) is 12.8. The van der Waals surface area contributed by atoms with Crippen LogP contribution in [0.15, 0.2) is 18.3 Å². The molecule has 0 atom stereocenters. The first kappa shape index (κ1) is 16.9. The van der Waals surface area contributed by atoms with E-state index in [1.165, 1.54) is 27.0 Å². The Hall–Kier alpha value is -1.44. The molecule has 2 rings (SSSR count). The van der Waals surface area contributed by atoms with Crippen molar-refractivity contribution in [3.63, 3.8) is 0 Å². The Labute approximate surface area is 129 Å². The Morgan fingerprint density at radius 3 is 2.73 bits per heavy atom. The van der Waals surface area contributed by atoms with Crippen LogP contribution in [-0.4, -0.2) is 38.2 Å². The maximum Gasteiger partial charge on any atom is 0.253 e. The Balaban J connectivity index is 2.33. The molecule has 124 valence electrons. The molecule has 0 amide bonds. The smallest absolute Gasteiger partial charge is 0.253 e. The van der Waals surface area contributed by atoms with E-state index in [0.29, 0.717) is 5.69 Å². The Morgan fingerprint density at radius 1 is 1.41 bits per heavy atom. The van der Waals surface area contributed by atoms with Crippen molar-refractivity contribution in [3.8, 4) is 5.88 Å². The number of ether oxygens (including phenoxy) is 1. The molecule has 0 N–H and O–H groups in total. The second-order valence-electron chi connectivity index (χ2n) is 5.95. The molecule has 0 bridgehead atoms. The topological polar surface area (TPSA) is 59.5 Å². The lowest BCUT2D eigenvalue weighted by molar-refractivity contribution is -0.0969. The molecule has 22 heavy (non-hydrogen) atoms. The maximum absolute atomic E-state index is 14.0. The van der Waals surface area contributed by atoms with Crippen LogP contribution in [-0.2, 0) is 10.0 Å². The third-order valence-electron chi connectivity index (χ3n) is 3.87. The van der Waals surface area contributed by atoms with E-state index in [1.54, 1.807) is 12.1 Å². The predicted molar refractivity (Wildman–Crippen MR) is 79.9 cm³/mol. The summed E-state index contributed by atoms with van der Waals surface area (Å²) in [6, 6.07) is 3.14. The summed E-state index contributed by atoms with van der Waals surface area (Å²) in [7, 11) is -3.91. The van der Waals surface area contributed by atoms with Crippen molar-refractivity contribution in [1.29, 1.82) is 0 Å². The second-order valence-corrected chi connectivity index (χ2v) is 7.84. The number of hydrogen-bond donors (Lipinski definition) is 0. The van der Waals surface area contributed by atoms with Gasteiger partial charge in [-0.05, 0) is 12.1 Å². The molecule has 0 saturated heterocycles. The van der Waals surface area contributed by atoms with Crippen molar-refractivity contribution in [3.05, 3.63) is 18.3 Å². The van der Waals surface area contributed by atoms with Crippen LogP contribution in [0.3, 0.4) is 0 Å². The average molecular weight is 334 g/mol. The lowest BCUT2D eigenvalue weighted by atomic mass is 9.86. The first-order chi connectivity index (χ1) is 10.1. The largest absolute Gasteiger partial charge is 0.474 e. The highest BCUT2D eigenvalue weighted by atomic mass is 32.2. The highest BCUT2D eigenvalue weighted by molar-refractivity contribution is 7.92. The van der Waals surface area contributed by atoms with E-state index in [9.17, 15) is 17.2 Å². The lowest BCUT2D eigenvalue weighted by Crippen LogP contribution is -2.47. The number of halogens is 2. The van der Waals surface area contributed by atoms with Gasteiger partial charge in [0, 0.05) is 18.0 Å². The van der Waals surface area contributed by atoms with E-state index < -0.39 is 33.5 Å². The number of alkyl halides is 2. The molecule has 1 aliphatic rings. The summed E-state index contributed by atoms with van der Waals surface area (Å²) >= 11 is 0. The van der Waals surface area contributed by atoms with Crippen LogP contribution in [0.1, 0.15) is 27.2 Å². The Kier molecular flexibility index (Phi) is 4.34. The number of sulfonamides is 1. The molecule has 0 aromatic carbocycles. The van der Waals surface area contributed by atoms with Gasteiger partial charge in [0.05, 0.1) is 12.3 Å². The molecule has 2 heterocycles. The van der Waals surface area contributed by atoms with Gasteiger partial charge in [0.1, 0.15) is 12.3 Å². The summed E-state index contributed by atoms with van der Waals surface area (Å²) in [6.45, 7) is 4.14. The third kappa shape index (κ3) is 3.02. The molecule has 0 fully saturated rings. The number of hydrogen-bond acceptors (Lipinski definition) is 4. The summed E-state index contributed by atoms with van der Waals surface area (Å²) in [5.74, 6) is -3.50. The molecule has 5 nitrogen and oxygen atoms in total. The summed E-state index contributed by atoms with van der Waals surface area (Å²) in [5.41, 5.74) is -1.37. The van der Waals surface area contributed by atoms with Crippen LogP contribution in [0.25, 0.3) is 0 Å². The molecular weight excluding hydrogens is 314 g/mol. The van der Waals surface area contributed by atoms with E-state index in [-0.39, 0.29) is 19.0 Å². The van der Waals surface area contributed by atoms with E-state index in [4.69, 9.17) is 4.74 Å². The van der Waals surface area contributed by atoms with Crippen LogP contribution in [0.2, 0.25) is 0 Å².